The summed E-state index contributed by atoms with van der Waals surface area (Å²) < 4.78 is 13.6. The monoisotopic (exact) mass is 328 g/mol. The van der Waals surface area contributed by atoms with Crippen molar-refractivity contribution in [3.05, 3.63) is 42.7 Å². The van der Waals surface area contributed by atoms with E-state index in [1.54, 1.807) is 6.08 Å². The van der Waals surface area contributed by atoms with Crippen molar-refractivity contribution in [3.63, 3.8) is 0 Å². The Hall–Kier alpha value is -2.46. The van der Waals surface area contributed by atoms with Crippen LogP contribution in [0.1, 0.15) is 18.9 Å². The number of nitrogens with zero attached hydrogens (tertiary/aromatic N) is 4. The van der Waals surface area contributed by atoms with Gasteiger partial charge in [0.1, 0.15) is 6.61 Å². The second-order valence-corrected chi connectivity index (χ2v) is 6.30. The quantitative estimate of drug-likeness (QED) is 0.620. The first-order chi connectivity index (χ1) is 11.2. The van der Waals surface area contributed by atoms with Crippen LogP contribution >= 0.6 is 11.8 Å². The van der Waals surface area contributed by atoms with E-state index in [1.807, 2.05) is 35.8 Å². The maximum Gasteiger partial charge on any atom is 0.192 e. The van der Waals surface area contributed by atoms with Crippen LogP contribution in [0.2, 0.25) is 0 Å². The molecule has 2 heterocycles. The summed E-state index contributed by atoms with van der Waals surface area (Å²) in [6, 6.07) is 9.72. The molecule has 0 saturated carbocycles. The molecule has 2 atom stereocenters. The number of allylic oxidation sites excluding steroid dienone is 1. The Morgan fingerprint density at radius 3 is 3.00 bits per heavy atom. The molecule has 0 bridgehead atoms. The number of thioether (sulfide) groups is 1. The summed E-state index contributed by atoms with van der Waals surface area (Å²) in [6.45, 7) is 6.51. The number of hydrogen-bond donors (Lipinski definition) is 0. The van der Waals surface area contributed by atoms with Crippen LogP contribution in [0.3, 0.4) is 0 Å². The average molecular weight is 328 g/mol. The minimum Gasteiger partial charge on any atom is -0.485 e. The smallest absolute Gasteiger partial charge is 0.192 e. The molecule has 0 saturated heterocycles. The van der Waals surface area contributed by atoms with Gasteiger partial charge in [-0.05, 0) is 19.1 Å². The summed E-state index contributed by atoms with van der Waals surface area (Å²) >= 11 is 1.36. The number of para-hydroxylation sites is 2. The van der Waals surface area contributed by atoms with Gasteiger partial charge in [-0.15, -0.1) is 16.8 Å². The average Bonchev–Trinajstić information content (AvgIpc) is 2.97. The van der Waals surface area contributed by atoms with Crippen LogP contribution in [0.4, 0.5) is 0 Å². The molecule has 3 rings (SSSR count). The van der Waals surface area contributed by atoms with Crippen molar-refractivity contribution in [2.75, 3.05) is 6.61 Å². The number of hydrogen-bond acceptors (Lipinski definition) is 6. The van der Waals surface area contributed by atoms with Crippen molar-refractivity contribution in [3.8, 4) is 17.6 Å². The number of aromatic nitrogens is 3. The molecule has 23 heavy (non-hydrogen) atoms. The highest BCUT2D eigenvalue weighted by Gasteiger charge is 2.28. The zero-order chi connectivity index (χ0) is 16.2. The maximum absolute atomic E-state index is 8.99. The Labute approximate surface area is 138 Å². The van der Waals surface area contributed by atoms with Crippen LogP contribution in [0, 0.1) is 11.3 Å². The lowest BCUT2D eigenvalue weighted by Gasteiger charge is -2.26. The Kier molecular flexibility index (Phi) is 4.53. The van der Waals surface area contributed by atoms with Gasteiger partial charge in [0.15, 0.2) is 28.6 Å². The van der Waals surface area contributed by atoms with E-state index in [0.29, 0.717) is 29.9 Å². The number of fused-ring (bicyclic) bond motifs is 1. The Balaban J connectivity index is 1.88. The van der Waals surface area contributed by atoms with E-state index in [4.69, 9.17) is 14.7 Å². The van der Waals surface area contributed by atoms with Gasteiger partial charge >= 0.3 is 0 Å². The summed E-state index contributed by atoms with van der Waals surface area (Å²) in [4.78, 5) is 0. The van der Waals surface area contributed by atoms with Gasteiger partial charge in [-0.2, -0.15) is 5.26 Å². The largest absolute Gasteiger partial charge is 0.485 e. The van der Waals surface area contributed by atoms with Crippen molar-refractivity contribution < 1.29 is 9.47 Å². The Bertz CT molecular complexity index is 753. The number of benzene rings is 1. The summed E-state index contributed by atoms with van der Waals surface area (Å²) in [5, 5.41) is 17.9. The SMILES string of the molecule is C=CCn1c(S[C@H](C)C#N)nnc1[C@H]1COc2ccccc2O1. The molecule has 0 N–H and O–H groups in total. The van der Waals surface area contributed by atoms with Crippen molar-refractivity contribution >= 4 is 11.8 Å². The van der Waals surface area contributed by atoms with Gasteiger partial charge in [0.05, 0.1) is 11.3 Å². The highest BCUT2D eigenvalue weighted by atomic mass is 32.2. The van der Waals surface area contributed by atoms with E-state index in [0.717, 1.165) is 5.75 Å². The summed E-state index contributed by atoms with van der Waals surface area (Å²) in [6.07, 6.45) is 1.43. The van der Waals surface area contributed by atoms with Crippen LogP contribution < -0.4 is 9.47 Å². The van der Waals surface area contributed by atoms with Crippen molar-refractivity contribution in [1.82, 2.24) is 14.8 Å². The third-order valence-electron chi connectivity index (χ3n) is 3.32. The molecule has 1 aromatic heterocycles. The second-order valence-electron chi connectivity index (χ2n) is 4.99. The van der Waals surface area contributed by atoms with E-state index in [1.165, 1.54) is 11.8 Å². The van der Waals surface area contributed by atoms with Gasteiger partial charge < -0.3 is 9.47 Å². The van der Waals surface area contributed by atoms with Gasteiger partial charge in [0.2, 0.25) is 0 Å². The Morgan fingerprint density at radius 1 is 1.48 bits per heavy atom. The molecule has 0 spiro atoms. The maximum atomic E-state index is 8.99. The van der Waals surface area contributed by atoms with Gasteiger partial charge in [0.25, 0.3) is 0 Å². The Morgan fingerprint density at radius 2 is 2.26 bits per heavy atom. The predicted molar refractivity (Wildman–Crippen MR) is 86.5 cm³/mol. The topological polar surface area (TPSA) is 73.0 Å². The van der Waals surface area contributed by atoms with Gasteiger partial charge in [-0.3, -0.25) is 4.57 Å². The van der Waals surface area contributed by atoms with Crippen molar-refractivity contribution in [1.29, 1.82) is 5.26 Å². The lowest BCUT2D eigenvalue weighted by molar-refractivity contribution is 0.0821. The summed E-state index contributed by atoms with van der Waals surface area (Å²) in [5.74, 6) is 2.09. The summed E-state index contributed by atoms with van der Waals surface area (Å²) in [5.41, 5.74) is 0. The molecule has 118 valence electrons. The number of nitriles is 1. The van der Waals surface area contributed by atoms with Gasteiger partial charge in [-0.1, -0.05) is 30.0 Å². The van der Waals surface area contributed by atoms with Crippen LogP contribution in [-0.4, -0.2) is 26.6 Å². The molecule has 0 fully saturated rings. The normalized spacial score (nSPS) is 17.3. The molecule has 1 aliphatic heterocycles. The van der Waals surface area contributed by atoms with E-state index < -0.39 is 0 Å². The molecule has 7 heteroatoms. The fourth-order valence-electron chi connectivity index (χ4n) is 2.26. The zero-order valence-electron chi connectivity index (χ0n) is 12.7. The van der Waals surface area contributed by atoms with Crippen LogP contribution in [-0.2, 0) is 6.54 Å². The first-order valence-corrected chi connectivity index (χ1v) is 8.09. The lowest BCUT2D eigenvalue weighted by atomic mass is 10.2. The van der Waals surface area contributed by atoms with Gasteiger partial charge in [0, 0.05) is 6.54 Å². The van der Waals surface area contributed by atoms with Gasteiger partial charge in [-0.25, -0.2) is 0 Å². The molecule has 2 aromatic rings. The van der Waals surface area contributed by atoms with E-state index in [2.05, 4.69) is 22.8 Å². The molecule has 0 radical (unpaired) electrons. The predicted octanol–water partition coefficient (Wildman–Crippen LogP) is 2.98. The zero-order valence-corrected chi connectivity index (χ0v) is 13.5. The van der Waals surface area contributed by atoms with Crippen LogP contribution in [0.15, 0.2) is 42.1 Å². The number of rotatable bonds is 5. The minimum absolute atomic E-state index is 0.208. The first kappa shape index (κ1) is 15.4. The molecule has 1 aliphatic rings. The molecule has 6 nitrogen and oxygen atoms in total. The first-order valence-electron chi connectivity index (χ1n) is 7.21. The van der Waals surface area contributed by atoms with Crippen LogP contribution in [0.25, 0.3) is 0 Å². The molecule has 1 aromatic carbocycles. The number of ether oxygens (including phenoxy) is 2. The lowest BCUT2D eigenvalue weighted by Crippen LogP contribution is -2.25. The highest BCUT2D eigenvalue weighted by molar-refractivity contribution is 8.00. The third-order valence-corrected chi connectivity index (χ3v) is 4.29. The standard InChI is InChI=1S/C16H16N4O2S/c1-3-8-20-15(18-19-16(20)23-11(2)9-17)14-10-21-12-6-4-5-7-13(12)22-14/h3-7,11,14H,1,8,10H2,2H3/t11-,14-/m1/s1. The summed E-state index contributed by atoms with van der Waals surface area (Å²) in [7, 11) is 0. The minimum atomic E-state index is -0.343. The molecule has 0 aliphatic carbocycles. The fourth-order valence-corrected chi connectivity index (χ4v) is 3.01. The highest BCUT2D eigenvalue weighted by Crippen LogP contribution is 2.36. The van der Waals surface area contributed by atoms with Crippen molar-refractivity contribution in [2.45, 2.75) is 30.0 Å². The molecule has 0 unspecified atom stereocenters. The van der Waals surface area contributed by atoms with E-state index in [-0.39, 0.29) is 11.4 Å². The second kappa shape index (κ2) is 6.75. The van der Waals surface area contributed by atoms with E-state index >= 15 is 0 Å². The molecular weight excluding hydrogens is 312 g/mol. The van der Waals surface area contributed by atoms with Crippen molar-refractivity contribution in [2.24, 2.45) is 0 Å². The molecular formula is C16H16N4O2S. The van der Waals surface area contributed by atoms with Crippen LogP contribution in [0.5, 0.6) is 11.5 Å². The fraction of sp³-hybridized carbons (Fsp3) is 0.312. The van der Waals surface area contributed by atoms with E-state index in [9.17, 15) is 0 Å². The molecule has 0 amide bonds. The third kappa shape index (κ3) is 3.17.